The van der Waals surface area contributed by atoms with Crippen LogP contribution in [-0.4, -0.2) is 20.6 Å². The second kappa shape index (κ2) is 9.17. The molecule has 128 valence electrons. The Morgan fingerprint density at radius 2 is 1.52 bits per heavy atom. The number of rotatable bonds is 4. The predicted octanol–water partition coefficient (Wildman–Crippen LogP) is 2.97. The Hall–Kier alpha value is -3.21. The van der Waals surface area contributed by atoms with E-state index in [-0.39, 0.29) is 5.56 Å². The molecule has 5 heteroatoms. The molecule has 0 atom stereocenters. The minimum atomic E-state index is -0.833. The zero-order valence-electron chi connectivity index (χ0n) is 14.0. The van der Waals surface area contributed by atoms with Gasteiger partial charge in [0.1, 0.15) is 0 Å². The number of aromatic nitrogens is 2. The van der Waals surface area contributed by atoms with E-state index in [2.05, 4.69) is 29.2 Å². The summed E-state index contributed by atoms with van der Waals surface area (Å²) in [6, 6.07) is 17.7. The van der Waals surface area contributed by atoms with Crippen LogP contribution in [0.3, 0.4) is 0 Å². The Bertz CT molecular complexity index is 852. The highest BCUT2D eigenvalue weighted by Crippen LogP contribution is 2.10. The van der Waals surface area contributed by atoms with Crippen LogP contribution in [-0.2, 0) is 17.8 Å². The first-order valence-electron chi connectivity index (χ1n) is 7.86. The van der Waals surface area contributed by atoms with E-state index < -0.39 is 5.97 Å². The van der Waals surface area contributed by atoms with Crippen molar-refractivity contribution in [3.8, 4) is 0 Å². The van der Waals surface area contributed by atoms with E-state index in [1.807, 2.05) is 36.8 Å². The van der Waals surface area contributed by atoms with Gasteiger partial charge in [-0.1, -0.05) is 30.3 Å². The van der Waals surface area contributed by atoms with Crippen LogP contribution in [0.5, 0.6) is 0 Å². The van der Waals surface area contributed by atoms with Crippen LogP contribution in [0.2, 0.25) is 0 Å². The highest BCUT2D eigenvalue weighted by molar-refractivity contribution is 5.62. The standard InChI is InChI=1S/C18H16N2O.C2H4O2/c21-18-3-1-2-12-20(18)14-17-6-4-15(5-7-17)13-16-8-10-19-11-9-16;1-2(3)4/h1-12H,13-14H2;1H3,(H,3,4). The molecule has 0 radical (unpaired) electrons. The smallest absolute Gasteiger partial charge is 0.300 e. The zero-order chi connectivity index (χ0) is 18.1. The molecule has 0 saturated carbocycles. The first-order chi connectivity index (χ1) is 12.0. The number of hydrogen-bond donors (Lipinski definition) is 1. The summed E-state index contributed by atoms with van der Waals surface area (Å²) in [7, 11) is 0. The molecule has 2 heterocycles. The number of aliphatic carboxylic acids is 1. The lowest BCUT2D eigenvalue weighted by atomic mass is 10.0. The van der Waals surface area contributed by atoms with Crippen molar-refractivity contribution < 1.29 is 9.90 Å². The second-order valence-corrected chi connectivity index (χ2v) is 5.53. The van der Waals surface area contributed by atoms with Gasteiger partial charge in [-0.15, -0.1) is 0 Å². The molecule has 0 aliphatic heterocycles. The SMILES string of the molecule is CC(=O)O.O=c1ccccn1Cc1ccc(Cc2ccncc2)cc1. The molecule has 25 heavy (non-hydrogen) atoms. The van der Waals surface area contributed by atoms with E-state index in [9.17, 15) is 4.79 Å². The van der Waals surface area contributed by atoms with Gasteiger partial charge in [0, 0.05) is 31.6 Å². The van der Waals surface area contributed by atoms with E-state index >= 15 is 0 Å². The third kappa shape index (κ3) is 6.43. The Morgan fingerprint density at radius 3 is 2.12 bits per heavy atom. The third-order valence-electron chi connectivity index (χ3n) is 3.43. The molecule has 0 unspecified atom stereocenters. The largest absolute Gasteiger partial charge is 0.481 e. The lowest BCUT2D eigenvalue weighted by molar-refractivity contribution is -0.134. The summed E-state index contributed by atoms with van der Waals surface area (Å²) in [4.78, 5) is 24.7. The zero-order valence-corrected chi connectivity index (χ0v) is 14.0. The summed E-state index contributed by atoms with van der Waals surface area (Å²) in [5.74, 6) is -0.833. The summed E-state index contributed by atoms with van der Waals surface area (Å²) in [5, 5.41) is 7.42. The number of carboxylic acids is 1. The van der Waals surface area contributed by atoms with Crippen LogP contribution in [0.25, 0.3) is 0 Å². The second-order valence-electron chi connectivity index (χ2n) is 5.53. The first kappa shape index (κ1) is 18.1. The van der Waals surface area contributed by atoms with Crippen LogP contribution < -0.4 is 5.56 Å². The van der Waals surface area contributed by atoms with Gasteiger partial charge in [-0.2, -0.15) is 0 Å². The van der Waals surface area contributed by atoms with Gasteiger partial charge in [-0.3, -0.25) is 14.6 Å². The number of benzene rings is 1. The monoisotopic (exact) mass is 336 g/mol. The molecule has 5 nitrogen and oxygen atoms in total. The van der Waals surface area contributed by atoms with E-state index in [0.717, 1.165) is 18.9 Å². The van der Waals surface area contributed by atoms with Gasteiger partial charge in [-0.05, 0) is 41.3 Å². The number of hydrogen-bond acceptors (Lipinski definition) is 3. The maximum Gasteiger partial charge on any atom is 0.300 e. The van der Waals surface area contributed by atoms with Crippen LogP contribution >= 0.6 is 0 Å². The molecule has 0 aliphatic rings. The quantitative estimate of drug-likeness (QED) is 0.795. The summed E-state index contributed by atoms with van der Waals surface area (Å²) < 4.78 is 1.71. The van der Waals surface area contributed by atoms with Crippen molar-refractivity contribution in [3.63, 3.8) is 0 Å². The van der Waals surface area contributed by atoms with Gasteiger partial charge >= 0.3 is 0 Å². The fraction of sp³-hybridized carbons (Fsp3) is 0.150. The molecule has 1 N–H and O–H groups in total. The summed E-state index contributed by atoms with van der Waals surface area (Å²) in [6.07, 6.45) is 6.33. The van der Waals surface area contributed by atoms with E-state index in [4.69, 9.17) is 9.90 Å². The Labute approximate surface area is 146 Å². The van der Waals surface area contributed by atoms with Crippen molar-refractivity contribution in [3.05, 3.63) is 100 Å². The van der Waals surface area contributed by atoms with E-state index in [1.165, 1.54) is 11.1 Å². The third-order valence-corrected chi connectivity index (χ3v) is 3.43. The van der Waals surface area contributed by atoms with Gasteiger partial charge < -0.3 is 9.67 Å². The fourth-order valence-electron chi connectivity index (χ4n) is 2.29. The van der Waals surface area contributed by atoms with Gasteiger partial charge in [0.05, 0.1) is 6.54 Å². The first-order valence-corrected chi connectivity index (χ1v) is 7.86. The van der Waals surface area contributed by atoms with Crippen LogP contribution in [0, 0.1) is 0 Å². The normalized spacial score (nSPS) is 9.80. The lowest BCUT2D eigenvalue weighted by Gasteiger charge is -2.07. The molecule has 0 aliphatic carbocycles. The number of nitrogens with zero attached hydrogens (tertiary/aromatic N) is 2. The van der Waals surface area contributed by atoms with Crippen molar-refractivity contribution >= 4 is 5.97 Å². The fourth-order valence-corrected chi connectivity index (χ4v) is 2.29. The van der Waals surface area contributed by atoms with E-state index in [1.54, 1.807) is 16.7 Å². The highest BCUT2D eigenvalue weighted by Gasteiger charge is 1.99. The Morgan fingerprint density at radius 1 is 0.960 bits per heavy atom. The van der Waals surface area contributed by atoms with Crippen molar-refractivity contribution in [1.82, 2.24) is 9.55 Å². The van der Waals surface area contributed by atoms with Crippen molar-refractivity contribution in [2.75, 3.05) is 0 Å². The molecular weight excluding hydrogens is 316 g/mol. The summed E-state index contributed by atoms with van der Waals surface area (Å²) in [5.41, 5.74) is 3.66. The average Bonchev–Trinajstić information content (AvgIpc) is 2.59. The molecule has 0 amide bonds. The number of carboxylic acid groups (broad SMARTS) is 1. The lowest BCUT2D eigenvalue weighted by Crippen LogP contribution is -2.18. The molecule has 3 aromatic rings. The van der Waals surface area contributed by atoms with Gasteiger partial charge in [0.15, 0.2) is 0 Å². The summed E-state index contributed by atoms with van der Waals surface area (Å²) >= 11 is 0. The number of pyridine rings is 2. The number of carbonyl (C=O) groups is 1. The van der Waals surface area contributed by atoms with Gasteiger partial charge in [0.25, 0.3) is 11.5 Å². The summed E-state index contributed by atoms with van der Waals surface area (Å²) in [6.45, 7) is 1.69. The predicted molar refractivity (Wildman–Crippen MR) is 96.6 cm³/mol. The van der Waals surface area contributed by atoms with Crippen molar-refractivity contribution in [2.24, 2.45) is 0 Å². The Balaban J connectivity index is 0.000000511. The minimum Gasteiger partial charge on any atom is -0.481 e. The maximum absolute atomic E-state index is 11.7. The average molecular weight is 336 g/mol. The van der Waals surface area contributed by atoms with Crippen LogP contribution in [0.15, 0.2) is 78.0 Å². The molecule has 0 spiro atoms. The van der Waals surface area contributed by atoms with Crippen molar-refractivity contribution in [2.45, 2.75) is 19.9 Å². The molecule has 0 fully saturated rings. The van der Waals surface area contributed by atoms with Gasteiger partial charge in [0.2, 0.25) is 0 Å². The van der Waals surface area contributed by atoms with E-state index in [0.29, 0.717) is 6.54 Å². The molecule has 0 bridgehead atoms. The molecule has 3 rings (SSSR count). The minimum absolute atomic E-state index is 0.0263. The maximum atomic E-state index is 11.7. The molecular formula is C20H20N2O3. The van der Waals surface area contributed by atoms with Crippen LogP contribution in [0.4, 0.5) is 0 Å². The Kier molecular flexibility index (Phi) is 6.65. The topological polar surface area (TPSA) is 72.2 Å². The molecule has 0 saturated heterocycles. The molecule has 1 aromatic carbocycles. The van der Waals surface area contributed by atoms with Crippen LogP contribution in [0.1, 0.15) is 23.6 Å². The highest BCUT2D eigenvalue weighted by atomic mass is 16.4. The van der Waals surface area contributed by atoms with Gasteiger partial charge in [-0.25, -0.2) is 0 Å². The van der Waals surface area contributed by atoms with Crippen molar-refractivity contribution in [1.29, 1.82) is 0 Å². The molecule has 2 aromatic heterocycles.